The van der Waals surface area contributed by atoms with Gasteiger partial charge in [-0.1, -0.05) is 41.9 Å². The molecule has 84 valence electrons. The number of benzene rings is 1. The van der Waals surface area contributed by atoms with Crippen molar-refractivity contribution in [2.24, 2.45) is 0 Å². The molecule has 2 rings (SSSR count). The van der Waals surface area contributed by atoms with E-state index in [0.717, 1.165) is 20.3 Å². The van der Waals surface area contributed by atoms with Crippen molar-refractivity contribution in [1.82, 2.24) is 0 Å². The second kappa shape index (κ2) is 5.00. The van der Waals surface area contributed by atoms with E-state index in [2.05, 4.69) is 0 Å². The van der Waals surface area contributed by atoms with Crippen LogP contribution in [0, 0.1) is 6.92 Å². The third-order valence-electron chi connectivity index (χ3n) is 2.48. The molecular formula is C13H13ClOS. The van der Waals surface area contributed by atoms with E-state index in [9.17, 15) is 5.11 Å². The molecule has 1 N–H and O–H groups in total. The van der Waals surface area contributed by atoms with Gasteiger partial charge in [-0.05, 0) is 24.1 Å². The summed E-state index contributed by atoms with van der Waals surface area (Å²) in [6.45, 7) is 1.96. The number of aryl methyl sites for hydroxylation is 1. The van der Waals surface area contributed by atoms with E-state index in [1.165, 1.54) is 11.3 Å². The monoisotopic (exact) mass is 252 g/mol. The Balaban J connectivity index is 2.11. The van der Waals surface area contributed by atoms with Crippen molar-refractivity contribution in [2.45, 2.75) is 19.4 Å². The van der Waals surface area contributed by atoms with Gasteiger partial charge in [-0.3, -0.25) is 0 Å². The summed E-state index contributed by atoms with van der Waals surface area (Å²) < 4.78 is 0.766. The highest BCUT2D eigenvalue weighted by Crippen LogP contribution is 2.32. The van der Waals surface area contributed by atoms with Crippen LogP contribution in [0.5, 0.6) is 0 Å². The third kappa shape index (κ3) is 2.64. The summed E-state index contributed by atoms with van der Waals surface area (Å²) >= 11 is 7.44. The van der Waals surface area contributed by atoms with Crippen molar-refractivity contribution in [3.63, 3.8) is 0 Å². The lowest BCUT2D eigenvalue weighted by Crippen LogP contribution is -1.99. The van der Waals surface area contributed by atoms with Gasteiger partial charge in [0.25, 0.3) is 0 Å². The first-order valence-electron chi connectivity index (χ1n) is 5.14. The van der Waals surface area contributed by atoms with Crippen LogP contribution in [0.1, 0.15) is 22.1 Å². The van der Waals surface area contributed by atoms with Crippen LogP contribution < -0.4 is 0 Å². The van der Waals surface area contributed by atoms with Gasteiger partial charge in [-0.25, -0.2) is 0 Å². The first-order valence-corrected chi connectivity index (χ1v) is 6.34. The number of thiophene rings is 1. The minimum Gasteiger partial charge on any atom is -0.387 e. The Labute approximate surface area is 104 Å². The van der Waals surface area contributed by atoms with Crippen molar-refractivity contribution < 1.29 is 5.11 Å². The molecule has 0 fully saturated rings. The molecule has 0 aliphatic carbocycles. The lowest BCUT2D eigenvalue weighted by molar-refractivity contribution is 0.182. The molecule has 2 aromatic rings. The minimum atomic E-state index is -0.460. The number of aliphatic hydroxyl groups is 1. The second-order valence-corrected chi connectivity index (χ2v) is 5.50. The fraction of sp³-hybridized carbons (Fsp3) is 0.231. The average Bonchev–Trinajstić information content (AvgIpc) is 2.61. The van der Waals surface area contributed by atoms with Crippen LogP contribution in [0.25, 0.3) is 0 Å². The van der Waals surface area contributed by atoms with Gasteiger partial charge in [0.1, 0.15) is 0 Å². The maximum absolute atomic E-state index is 10.1. The molecular weight excluding hydrogens is 240 g/mol. The predicted octanol–water partition coefficient (Wildman–Crippen LogP) is 3.99. The lowest BCUT2D eigenvalue weighted by Gasteiger charge is -2.07. The molecule has 1 aromatic heterocycles. The summed E-state index contributed by atoms with van der Waals surface area (Å²) in [5, 5.41) is 10.1. The molecule has 0 radical (unpaired) electrons. The molecule has 16 heavy (non-hydrogen) atoms. The standard InChI is InChI=1S/C13H13ClOS/c1-9-7-12(16-13(9)14)11(15)8-10-5-3-2-4-6-10/h2-7,11,15H,8H2,1H3. The van der Waals surface area contributed by atoms with Crippen LogP contribution in [-0.4, -0.2) is 5.11 Å². The van der Waals surface area contributed by atoms with Gasteiger partial charge in [0.05, 0.1) is 10.4 Å². The topological polar surface area (TPSA) is 20.2 Å². The van der Waals surface area contributed by atoms with Crippen molar-refractivity contribution in [1.29, 1.82) is 0 Å². The maximum atomic E-state index is 10.1. The van der Waals surface area contributed by atoms with E-state index in [4.69, 9.17) is 11.6 Å². The Hall–Kier alpha value is -0.830. The Morgan fingerprint density at radius 2 is 2.00 bits per heavy atom. The highest BCUT2D eigenvalue weighted by molar-refractivity contribution is 7.16. The molecule has 0 bridgehead atoms. The molecule has 3 heteroatoms. The van der Waals surface area contributed by atoms with Gasteiger partial charge in [-0.2, -0.15) is 0 Å². The Morgan fingerprint density at radius 1 is 1.31 bits per heavy atom. The maximum Gasteiger partial charge on any atom is 0.0961 e. The SMILES string of the molecule is Cc1cc(C(O)Cc2ccccc2)sc1Cl. The second-order valence-electron chi connectivity index (χ2n) is 3.81. The fourth-order valence-electron chi connectivity index (χ4n) is 1.59. The Bertz CT molecular complexity index is 445. The summed E-state index contributed by atoms with van der Waals surface area (Å²) in [4.78, 5) is 0.936. The molecule has 0 aliphatic heterocycles. The largest absolute Gasteiger partial charge is 0.387 e. The smallest absolute Gasteiger partial charge is 0.0961 e. The third-order valence-corrected chi connectivity index (χ3v) is 4.13. The van der Waals surface area contributed by atoms with Crippen LogP contribution >= 0.6 is 22.9 Å². The van der Waals surface area contributed by atoms with Crippen LogP contribution in [0.3, 0.4) is 0 Å². The quantitative estimate of drug-likeness (QED) is 0.876. The van der Waals surface area contributed by atoms with E-state index in [0.29, 0.717) is 6.42 Å². The molecule has 1 unspecified atom stereocenters. The van der Waals surface area contributed by atoms with Crippen molar-refractivity contribution in [3.05, 3.63) is 56.7 Å². The lowest BCUT2D eigenvalue weighted by atomic mass is 10.1. The molecule has 1 atom stereocenters. The minimum absolute atomic E-state index is 0.460. The van der Waals surface area contributed by atoms with Crippen molar-refractivity contribution >= 4 is 22.9 Å². The van der Waals surface area contributed by atoms with Crippen LogP contribution in [-0.2, 0) is 6.42 Å². The molecule has 0 saturated heterocycles. The number of rotatable bonds is 3. The molecule has 1 heterocycles. The molecule has 0 spiro atoms. The van der Waals surface area contributed by atoms with E-state index in [-0.39, 0.29) is 0 Å². The van der Waals surface area contributed by atoms with Gasteiger partial charge in [0.15, 0.2) is 0 Å². The van der Waals surface area contributed by atoms with Crippen LogP contribution in [0.15, 0.2) is 36.4 Å². The number of aliphatic hydroxyl groups excluding tert-OH is 1. The Kier molecular flexibility index (Phi) is 3.64. The molecule has 0 saturated carbocycles. The van der Waals surface area contributed by atoms with Crippen LogP contribution in [0.2, 0.25) is 4.34 Å². The van der Waals surface area contributed by atoms with Gasteiger partial charge >= 0.3 is 0 Å². The highest BCUT2D eigenvalue weighted by Gasteiger charge is 2.12. The fourth-order valence-corrected chi connectivity index (χ4v) is 2.79. The zero-order valence-electron chi connectivity index (χ0n) is 8.98. The molecule has 0 aliphatic rings. The van der Waals surface area contributed by atoms with E-state index in [1.54, 1.807) is 0 Å². The number of hydrogen-bond acceptors (Lipinski definition) is 2. The number of halogens is 1. The molecule has 1 aromatic carbocycles. The zero-order valence-corrected chi connectivity index (χ0v) is 10.6. The summed E-state index contributed by atoms with van der Waals surface area (Å²) in [7, 11) is 0. The van der Waals surface area contributed by atoms with E-state index in [1.807, 2.05) is 43.3 Å². The van der Waals surface area contributed by atoms with Gasteiger partial charge in [0, 0.05) is 11.3 Å². The van der Waals surface area contributed by atoms with Gasteiger partial charge in [0.2, 0.25) is 0 Å². The first-order chi connectivity index (χ1) is 7.66. The molecule has 1 nitrogen and oxygen atoms in total. The van der Waals surface area contributed by atoms with Gasteiger partial charge < -0.3 is 5.11 Å². The summed E-state index contributed by atoms with van der Waals surface area (Å²) in [6.07, 6.45) is 0.176. The Morgan fingerprint density at radius 3 is 2.56 bits per heavy atom. The number of hydrogen-bond donors (Lipinski definition) is 1. The highest BCUT2D eigenvalue weighted by atomic mass is 35.5. The van der Waals surface area contributed by atoms with Crippen molar-refractivity contribution in [2.75, 3.05) is 0 Å². The average molecular weight is 253 g/mol. The predicted molar refractivity (Wildman–Crippen MR) is 69.2 cm³/mol. The molecule has 0 amide bonds. The van der Waals surface area contributed by atoms with Crippen LogP contribution in [0.4, 0.5) is 0 Å². The normalized spacial score (nSPS) is 12.7. The van der Waals surface area contributed by atoms with E-state index >= 15 is 0 Å². The summed E-state index contributed by atoms with van der Waals surface area (Å²) in [6, 6.07) is 11.9. The van der Waals surface area contributed by atoms with Crippen molar-refractivity contribution in [3.8, 4) is 0 Å². The van der Waals surface area contributed by atoms with E-state index < -0.39 is 6.10 Å². The first kappa shape index (κ1) is 11.6. The zero-order chi connectivity index (χ0) is 11.5. The van der Waals surface area contributed by atoms with Gasteiger partial charge in [-0.15, -0.1) is 11.3 Å². The summed E-state index contributed by atoms with van der Waals surface area (Å²) in [5.41, 5.74) is 2.17. The summed E-state index contributed by atoms with van der Waals surface area (Å²) in [5.74, 6) is 0.